The van der Waals surface area contributed by atoms with Crippen LogP contribution in [0.2, 0.25) is 0 Å². The molecule has 0 bridgehead atoms. The van der Waals surface area contributed by atoms with E-state index < -0.39 is 25.2 Å². The first-order valence-corrected chi connectivity index (χ1v) is 5.44. The van der Waals surface area contributed by atoms with Gasteiger partial charge in [0.1, 0.15) is 0 Å². The fraction of sp³-hybridized carbons (Fsp3) is 0.273. The molecule has 0 unspecified atom stereocenters. The maximum absolute atomic E-state index is 11.9. The Kier molecular flexibility index (Phi) is 3.70. The van der Waals surface area contributed by atoms with Crippen LogP contribution in [0, 0.1) is 0 Å². The van der Waals surface area contributed by atoms with E-state index in [4.69, 9.17) is 0 Å². The van der Waals surface area contributed by atoms with Crippen molar-refractivity contribution in [3.05, 3.63) is 24.4 Å². The Morgan fingerprint density at radius 1 is 1.37 bits per heavy atom. The van der Waals surface area contributed by atoms with Gasteiger partial charge in [0.25, 0.3) is 0 Å². The summed E-state index contributed by atoms with van der Waals surface area (Å²) in [6.45, 7) is -1.59. The first kappa shape index (κ1) is 13.3. The predicted molar refractivity (Wildman–Crippen MR) is 63.6 cm³/mol. The van der Waals surface area contributed by atoms with Crippen molar-refractivity contribution < 1.29 is 18.0 Å². The molecule has 3 N–H and O–H groups in total. The van der Waals surface area contributed by atoms with Crippen LogP contribution in [0.4, 0.5) is 18.9 Å². The van der Waals surface area contributed by atoms with Gasteiger partial charge in [-0.15, -0.1) is 0 Å². The number of amides is 1. The van der Waals surface area contributed by atoms with Crippen LogP contribution in [0.25, 0.3) is 10.9 Å². The molecule has 1 aromatic carbocycles. The summed E-state index contributed by atoms with van der Waals surface area (Å²) in [5.41, 5.74) is 1.32. The molecule has 19 heavy (non-hydrogen) atoms. The molecule has 102 valence electrons. The zero-order chi connectivity index (χ0) is 13.9. The van der Waals surface area contributed by atoms with Crippen molar-refractivity contribution in [2.45, 2.75) is 6.18 Å². The maximum Gasteiger partial charge on any atom is 0.401 e. The topological polar surface area (TPSA) is 69.8 Å². The molecule has 0 saturated carbocycles. The number of benzene rings is 1. The molecule has 0 atom stereocenters. The Labute approximate surface area is 106 Å². The third kappa shape index (κ3) is 3.95. The van der Waals surface area contributed by atoms with Crippen molar-refractivity contribution in [3.8, 4) is 0 Å². The molecular formula is C11H11F3N4O. The second kappa shape index (κ2) is 5.27. The number of hydrogen-bond acceptors (Lipinski definition) is 3. The molecule has 0 aliphatic rings. The number of H-pyrrole nitrogens is 1. The predicted octanol–water partition coefficient (Wildman–Crippen LogP) is 1.65. The molecule has 1 amide bonds. The minimum atomic E-state index is -4.32. The summed E-state index contributed by atoms with van der Waals surface area (Å²) in [4.78, 5) is 11.4. The summed E-state index contributed by atoms with van der Waals surface area (Å²) in [5, 5.41) is 11.9. The number of alkyl halides is 3. The number of aromatic nitrogens is 2. The van der Waals surface area contributed by atoms with Crippen LogP contribution in [0.15, 0.2) is 24.4 Å². The number of aromatic amines is 1. The van der Waals surface area contributed by atoms with Gasteiger partial charge in [0.2, 0.25) is 5.91 Å². The lowest BCUT2D eigenvalue weighted by atomic mass is 10.2. The van der Waals surface area contributed by atoms with Crippen molar-refractivity contribution in [2.24, 2.45) is 0 Å². The van der Waals surface area contributed by atoms with Gasteiger partial charge in [-0.1, -0.05) is 0 Å². The van der Waals surface area contributed by atoms with Crippen molar-refractivity contribution in [3.63, 3.8) is 0 Å². The SMILES string of the molecule is O=C(CNCC(F)(F)F)Nc1ccc2[nH]ncc2c1. The number of carbonyl (C=O) groups excluding carboxylic acids is 1. The molecule has 2 aromatic rings. The standard InChI is InChI=1S/C11H11F3N4O/c12-11(13,14)6-15-5-10(19)17-8-1-2-9-7(3-8)4-16-18-9/h1-4,15H,5-6H2,(H,16,18)(H,17,19). The zero-order valence-electron chi connectivity index (χ0n) is 9.71. The summed E-state index contributed by atoms with van der Waals surface area (Å²) in [6, 6.07) is 5.05. The normalized spacial score (nSPS) is 11.7. The first-order valence-electron chi connectivity index (χ1n) is 5.44. The molecule has 0 saturated heterocycles. The average Bonchev–Trinajstić information content (AvgIpc) is 2.74. The summed E-state index contributed by atoms with van der Waals surface area (Å²) in [5.74, 6) is -0.535. The molecule has 1 aromatic heterocycles. The van der Waals surface area contributed by atoms with E-state index in [9.17, 15) is 18.0 Å². The second-order valence-corrected chi connectivity index (χ2v) is 3.94. The fourth-order valence-corrected chi connectivity index (χ4v) is 1.54. The third-order valence-corrected chi connectivity index (χ3v) is 2.33. The van der Waals surface area contributed by atoms with Crippen LogP contribution in [-0.4, -0.2) is 35.4 Å². The van der Waals surface area contributed by atoms with Crippen LogP contribution in [0.5, 0.6) is 0 Å². The van der Waals surface area contributed by atoms with Crippen LogP contribution >= 0.6 is 0 Å². The number of rotatable bonds is 4. The van der Waals surface area contributed by atoms with Gasteiger partial charge in [-0.2, -0.15) is 18.3 Å². The largest absolute Gasteiger partial charge is 0.401 e. The van der Waals surface area contributed by atoms with Crippen LogP contribution in [0.3, 0.4) is 0 Å². The minimum Gasteiger partial charge on any atom is -0.325 e. The van der Waals surface area contributed by atoms with Crippen molar-refractivity contribution in [1.29, 1.82) is 0 Å². The molecular weight excluding hydrogens is 261 g/mol. The number of hydrogen-bond donors (Lipinski definition) is 3. The van der Waals surface area contributed by atoms with E-state index in [1.807, 2.05) is 5.32 Å². The Hall–Kier alpha value is -2.09. The van der Waals surface area contributed by atoms with Gasteiger partial charge < -0.3 is 10.6 Å². The van der Waals surface area contributed by atoms with E-state index in [-0.39, 0.29) is 0 Å². The Balaban J connectivity index is 1.88. The summed E-state index contributed by atoms with van der Waals surface area (Å²) in [7, 11) is 0. The van der Waals surface area contributed by atoms with Crippen LogP contribution < -0.4 is 10.6 Å². The highest BCUT2D eigenvalue weighted by Crippen LogP contribution is 2.16. The van der Waals surface area contributed by atoms with E-state index in [2.05, 4.69) is 15.5 Å². The highest BCUT2D eigenvalue weighted by Gasteiger charge is 2.26. The lowest BCUT2D eigenvalue weighted by molar-refractivity contribution is -0.126. The highest BCUT2D eigenvalue weighted by molar-refractivity contribution is 5.94. The van der Waals surface area contributed by atoms with E-state index in [0.29, 0.717) is 5.69 Å². The summed E-state index contributed by atoms with van der Waals surface area (Å²) < 4.78 is 35.6. The van der Waals surface area contributed by atoms with Gasteiger partial charge in [0.05, 0.1) is 24.8 Å². The first-order chi connectivity index (χ1) is 8.94. The maximum atomic E-state index is 11.9. The lowest BCUT2D eigenvalue weighted by Gasteiger charge is -2.08. The van der Waals surface area contributed by atoms with Gasteiger partial charge in [-0.3, -0.25) is 9.89 Å². The number of carbonyl (C=O) groups is 1. The van der Waals surface area contributed by atoms with Gasteiger partial charge >= 0.3 is 6.18 Å². The monoisotopic (exact) mass is 272 g/mol. The number of nitrogens with one attached hydrogen (secondary N) is 3. The molecule has 0 aliphatic heterocycles. The molecule has 1 heterocycles. The van der Waals surface area contributed by atoms with Crippen LogP contribution in [-0.2, 0) is 4.79 Å². The van der Waals surface area contributed by atoms with E-state index in [1.165, 1.54) is 0 Å². The molecule has 0 aliphatic carbocycles. The second-order valence-electron chi connectivity index (χ2n) is 3.94. The Bertz CT molecular complexity index is 579. The number of fused-ring (bicyclic) bond motifs is 1. The van der Waals surface area contributed by atoms with Crippen molar-refractivity contribution >= 4 is 22.5 Å². The smallest absolute Gasteiger partial charge is 0.325 e. The Morgan fingerprint density at radius 2 is 2.16 bits per heavy atom. The van der Waals surface area contributed by atoms with Crippen molar-refractivity contribution in [1.82, 2.24) is 15.5 Å². The number of nitrogens with zero attached hydrogens (tertiary/aromatic N) is 1. The molecule has 0 radical (unpaired) electrons. The fourth-order valence-electron chi connectivity index (χ4n) is 1.54. The van der Waals surface area contributed by atoms with Gasteiger partial charge in [-0.25, -0.2) is 0 Å². The number of halogens is 3. The molecule has 5 nitrogen and oxygen atoms in total. The molecule has 0 fully saturated rings. The molecule has 0 spiro atoms. The zero-order valence-corrected chi connectivity index (χ0v) is 9.71. The van der Waals surface area contributed by atoms with Crippen LogP contribution in [0.1, 0.15) is 0 Å². The van der Waals surface area contributed by atoms with E-state index >= 15 is 0 Å². The van der Waals surface area contributed by atoms with E-state index in [0.717, 1.165) is 10.9 Å². The minimum absolute atomic E-state index is 0.400. The lowest BCUT2D eigenvalue weighted by Crippen LogP contribution is -2.35. The van der Waals surface area contributed by atoms with E-state index in [1.54, 1.807) is 24.4 Å². The third-order valence-electron chi connectivity index (χ3n) is 2.33. The average molecular weight is 272 g/mol. The van der Waals surface area contributed by atoms with Gasteiger partial charge in [-0.05, 0) is 18.2 Å². The summed E-state index contributed by atoms with van der Waals surface area (Å²) >= 11 is 0. The quantitative estimate of drug-likeness (QED) is 0.792. The summed E-state index contributed by atoms with van der Waals surface area (Å²) in [6.07, 6.45) is -2.73. The molecule has 8 heteroatoms. The Morgan fingerprint density at radius 3 is 2.89 bits per heavy atom. The van der Waals surface area contributed by atoms with Gasteiger partial charge in [0, 0.05) is 11.1 Å². The van der Waals surface area contributed by atoms with Crippen molar-refractivity contribution in [2.75, 3.05) is 18.4 Å². The highest BCUT2D eigenvalue weighted by atomic mass is 19.4. The molecule has 2 rings (SSSR count). The number of anilines is 1. The van der Waals surface area contributed by atoms with Gasteiger partial charge in [0.15, 0.2) is 0 Å².